The minimum atomic E-state index is -0.781. The number of likely N-dealkylation sites (N-methyl/N-ethyl adjacent to an activating group) is 1. The van der Waals surface area contributed by atoms with Crippen LogP contribution in [0.2, 0.25) is 0 Å². The van der Waals surface area contributed by atoms with Crippen LogP contribution in [0.15, 0.2) is 0 Å². The standard InChI is InChI=1S/C10H18N4O2/c1-10(2,14(3)4)7-13-9(16)8(15)12-6-5-11/h6-7H2,1-4H3,(H,12,15)(H,13,16). The highest BCUT2D eigenvalue weighted by atomic mass is 16.2. The summed E-state index contributed by atoms with van der Waals surface area (Å²) >= 11 is 0. The fourth-order valence-electron chi connectivity index (χ4n) is 0.735. The predicted molar refractivity (Wildman–Crippen MR) is 59.4 cm³/mol. The summed E-state index contributed by atoms with van der Waals surface area (Å²) in [6.07, 6.45) is 0. The van der Waals surface area contributed by atoms with Crippen LogP contribution in [0.5, 0.6) is 0 Å². The number of nitrogens with one attached hydrogen (secondary N) is 2. The van der Waals surface area contributed by atoms with Crippen molar-refractivity contribution in [2.45, 2.75) is 19.4 Å². The molecule has 2 N–H and O–H groups in total. The van der Waals surface area contributed by atoms with Gasteiger partial charge in [-0.1, -0.05) is 0 Å². The largest absolute Gasteiger partial charge is 0.346 e. The van der Waals surface area contributed by atoms with Gasteiger partial charge < -0.3 is 15.5 Å². The van der Waals surface area contributed by atoms with E-state index in [1.807, 2.05) is 32.8 Å². The number of carbonyl (C=O) groups is 2. The SMILES string of the molecule is CN(C)C(C)(C)CNC(=O)C(=O)NCC#N. The van der Waals surface area contributed by atoms with E-state index in [4.69, 9.17) is 5.26 Å². The summed E-state index contributed by atoms with van der Waals surface area (Å²) in [4.78, 5) is 24.3. The van der Waals surface area contributed by atoms with Gasteiger partial charge in [0.25, 0.3) is 0 Å². The second kappa shape index (κ2) is 6.08. The quantitative estimate of drug-likeness (QED) is 0.479. The number of hydrogen-bond donors (Lipinski definition) is 2. The fraction of sp³-hybridized carbons (Fsp3) is 0.700. The first-order valence-corrected chi connectivity index (χ1v) is 4.91. The van der Waals surface area contributed by atoms with Gasteiger partial charge >= 0.3 is 11.8 Å². The molecule has 6 heteroatoms. The van der Waals surface area contributed by atoms with Crippen molar-refractivity contribution in [3.63, 3.8) is 0 Å². The molecule has 0 radical (unpaired) electrons. The first kappa shape index (κ1) is 14.4. The molecule has 0 aliphatic heterocycles. The van der Waals surface area contributed by atoms with Gasteiger partial charge in [0, 0.05) is 12.1 Å². The molecule has 0 aliphatic carbocycles. The summed E-state index contributed by atoms with van der Waals surface area (Å²) in [7, 11) is 3.78. The average molecular weight is 226 g/mol. The van der Waals surface area contributed by atoms with Crippen molar-refractivity contribution in [3.05, 3.63) is 0 Å². The summed E-state index contributed by atoms with van der Waals surface area (Å²) in [6, 6.07) is 1.72. The molecule has 0 atom stereocenters. The molecule has 0 bridgehead atoms. The smallest absolute Gasteiger partial charge is 0.310 e. The van der Waals surface area contributed by atoms with Crippen LogP contribution in [0.4, 0.5) is 0 Å². The molecule has 0 rings (SSSR count). The van der Waals surface area contributed by atoms with Gasteiger partial charge in [0.15, 0.2) is 0 Å². The Balaban J connectivity index is 4.08. The van der Waals surface area contributed by atoms with E-state index >= 15 is 0 Å². The molecule has 0 heterocycles. The van der Waals surface area contributed by atoms with Crippen molar-refractivity contribution in [2.75, 3.05) is 27.2 Å². The summed E-state index contributed by atoms with van der Waals surface area (Å²) in [5, 5.41) is 12.9. The molecule has 90 valence electrons. The maximum absolute atomic E-state index is 11.3. The van der Waals surface area contributed by atoms with E-state index in [1.165, 1.54) is 0 Å². The van der Waals surface area contributed by atoms with E-state index in [-0.39, 0.29) is 12.1 Å². The summed E-state index contributed by atoms with van der Waals surface area (Å²) in [5.74, 6) is -1.50. The summed E-state index contributed by atoms with van der Waals surface area (Å²) in [5.41, 5.74) is -0.231. The zero-order valence-electron chi connectivity index (χ0n) is 10.1. The van der Waals surface area contributed by atoms with Gasteiger partial charge in [0.2, 0.25) is 0 Å². The monoisotopic (exact) mass is 226 g/mol. The number of amides is 2. The molecule has 0 spiro atoms. The van der Waals surface area contributed by atoms with Crippen LogP contribution in [0.25, 0.3) is 0 Å². The van der Waals surface area contributed by atoms with Gasteiger partial charge in [-0.3, -0.25) is 9.59 Å². The molecular formula is C10H18N4O2. The van der Waals surface area contributed by atoms with Crippen LogP contribution >= 0.6 is 0 Å². The molecule has 2 amide bonds. The zero-order valence-corrected chi connectivity index (χ0v) is 10.1. The number of nitrogens with zero attached hydrogens (tertiary/aromatic N) is 2. The predicted octanol–water partition coefficient (Wildman–Crippen LogP) is -0.917. The minimum Gasteiger partial charge on any atom is -0.346 e. The molecule has 0 unspecified atom stereocenters. The molecule has 0 aromatic heterocycles. The van der Waals surface area contributed by atoms with Crippen molar-refractivity contribution >= 4 is 11.8 Å². The number of hydrogen-bond acceptors (Lipinski definition) is 4. The fourth-order valence-corrected chi connectivity index (χ4v) is 0.735. The third-order valence-electron chi connectivity index (χ3n) is 2.43. The van der Waals surface area contributed by atoms with Gasteiger partial charge in [0.05, 0.1) is 6.07 Å². The highest BCUT2D eigenvalue weighted by molar-refractivity contribution is 6.35. The van der Waals surface area contributed by atoms with Crippen LogP contribution in [0.3, 0.4) is 0 Å². The first-order chi connectivity index (χ1) is 7.31. The van der Waals surface area contributed by atoms with E-state index < -0.39 is 11.8 Å². The van der Waals surface area contributed by atoms with E-state index in [9.17, 15) is 9.59 Å². The molecule has 6 nitrogen and oxygen atoms in total. The highest BCUT2D eigenvalue weighted by Crippen LogP contribution is 2.07. The summed E-state index contributed by atoms with van der Waals surface area (Å²) in [6.45, 7) is 4.09. The molecule has 0 saturated heterocycles. The third kappa shape index (κ3) is 4.75. The Morgan fingerprint density at radius 1 is 1.25 bits per heavy atom. The second-order valence-electron chi connectivity index (χ2n) is 4.23. The highest BCUT2D eigenvalue weighted by Gasteiger charge is 2.22. The van der Waals surface area contributed by atoms with Gasteiger partial charge in [-0.15, -0.1) is 0 Å². The van der Waals surface area contributed by atoms with Crippen LogP contribution < -0.4 is 10.6 Å². The molecule has 0 aromatic carbocycles. The lowest BCUT2D eigenvalue weighted by Gasteiger charge is -2.32. The normalized spacial score (nSPS) is 10.8. The first-order valence-electron chi connectivity index (χ1n) is 4.91. The van der Waals surface area contributed by atoms with Gasteiger partial charge in [-0.25, -0.2) is 0 Å². The second-order valence-corrected chi connectivity index (χ2v) is 4.23. The topological polar surface area (TPSA) is 85.2 Å². The van der Waals surface area contributed by atoms with Gasteiger partial charge in [-0.05, 0) is 27.9 Å². The van der Waals surface area contributed by atoms with E-state index in [0.717, 1.165) is 0 Å². The lowest BCUT2D eigenvalue weighted by Crippen LogP contribution is -2.51. The van der Waals surface area contributed by atoms with Crippen molar-refractivity contribution in [1.82, 2.24) is 15.5 Å². The van der Waals surface area contributed by atoms with Crippen molar-refractivity contribution in [3.8, 4) is 6.07 Å². The zero-order chi connectivity index (χ0) is 12.8. The molecule has 0 fully saturated rings. The number of rotatable bonds is 4. The lowest BCUT2D eigenvalue weighted by molar-refractivity contribution is -0.139. The van der Waals surface area contributed by atoms with Crippen LogP contribution in [0, 0.1) is 11.3 Å². The Morgan fingerprint density at radius 3 is 2.19 bits per heavy atom. The van der Waals surface area contributed by atoms with Crippen LogP contribution in [-0.4, -0.2) is 49.4 Å². The molecule has 0 aromatic rings. The third-order valence-corrected chi connectivity index (χ3v) is 2.43. The Kier molecular flexibility index (Phi) is 5.47. The van der Waals surface area contributed by atoms with Gasteiger partial charge in [0.1, 0.15) is 6.54 Å². The minimum absolute atomic E-state index is 0.163. The number of carbonyl (C=O) groups excluding carboxylic acids is 2. The average Bonchev–Trinajstić information content (AvgIpc) is 2.22. The Morgan fingerprint density at radius 2 is 1.75 bits per heavy atom. The molecular weight excluding hydrogens is 208 g/mol. The molecule has 0 aliphatic rings. The molecule has 16 heavy (non-hydrogen) atoms. The summed E-state index contributed by atoms with van der Waals surface area (Å²) < 4.78 is 0. The van der Waals surface area contributed by atoms with E-state index in [2.05, 4.69) is 10.6 Å². The molecule has 0 saturated carbocycles. The number of nitriles is 1. The van der Waals surface area contributed by atoms with Crippen LogP contribution in [-0.2, 0) is 9.59 Å². The van der Waals surface area contributed by atoms with Crippen LogP contribution in [0.1, 0.15) is 13.8 Å². The van der Waals surface area contributed by atoms with Crippen molar-refractivity contribution in [2.24, 2.45) is 0 Å². The Hall–Kier alpha value is -1.61. The Labute approximate surface area is 95.6 Å². The lowest BCUT2D eigenvalue weighted by atomic mass is 10.0. The van der Waals surface area contributed by atoms with E-state index in [1.54, 1.807) is 6.07 Å². The Bertz CT molecular complexity index is 304. The maximum atomic E-state index is 11.3. The van der Waals surface area contributed by atoms with Gasteiger partial charge in [-0.2, -0.15) is 5.26 Å². The van der Waals surface area contributed by atoms with E-state index in [0.29, 0.717) is 6.54 Å². The van der Waals surface area contributed by atoms with Crippen molar-refractivity contribution < 1.29 is 9.59 Å². The van der Waals surface area contributed by atoms with Crippen molar-refractivity contribution in [1.29, 1.82) is 5.26 Å². The maximum Gasteiger partial charge on any atom is 0.310 e.